The molecular weight excluding hydrogens is 196 g/mol. The number of aryl methyl sites for hydroxylation is 1. The molecule has 3 heteroatoms. The van der Waals surface area contributed by atoms with E-state index >= 15 is 0 Å². The molecule has 0 saturated carbocycles. The van der Waals surface area contributed by atoms with Crippen LogP contribution in [0.3, 0.4) is 0 Å². The van der Waals surface area contributed by atoms with E-state index in [0.717, 1.165) is 10.5 Å². The summed E-state index contributed by atoms with van der Waals surface area (Å²) in [4.78, 5) is 11.8. The van der Waals surface area contributed by atoms with Crippen LogP contribution in [0.5, 0.6) is 0 Å². The second kappa shape index (κ2) is 5.05. The Labute approximate surface area is 88.3 Å². The predicted octanol–water partition coefficient (Wildman–Crippen LogP) is 2.95. The molecular formula is C11H14O2S. The molecule has 0 aliphatic heterocycles. The molecule has 1 aromatic carbocycles. The van der Waals surface area contributed by atoms with Crippen LogP contribution in [-0.4, -0.2) is 16.3 Å². The summed E-state index contributed by atoms with van der Waals surface area (Å²) in [6, 6.07) is 7.91. The van der Waals surface area contributed by atoms with Crippen molar-refractivity contribution in [2.24, 2.45) is 0 Å². The van der Waals surface area contributed by atoms with Gasteiger partial charge in [0.2, 0.25) is 0 Å². The van der Waals surface area contributed by atoms with Gasteiger partial charge in [-0.3, -0.25) is 4.79 Å². The minimum Gasteiger partial charge on any atom is -0.480 e. The molecule has 0 fully saturated rings. The molecule has 1 unspecified atom stereocenters. The minimum atomic E-state index is -0.737. The standard InChI is InChI=1S/C11H14O2S/c1-3-10(11(12)13)14-9-6-4-5-8(2)7-9/h4-7,10H,3H2,1-2H3,(H,12,13). The first-order valence-electron chi connectivity index (χ1n) is 4.59. The van der Waals surface area contributed by atoms with Crippen molar-refractivity contribution < 1.29 is 9.90 Å². The van der Waals surface area contributed by atoms with E-state index in [0.29, 0.717) is 6.42 Å². The van der Waals surface area contributed by atoms with Crippen molar-refractivity contribution in [1.82, 2.24) is 0 Å². The van der Waals surface area contributed by atoms with Gasteiger partial charge in [0, 0.05) is 4.90 Å². The van der Waals surface area contributed by atoms with Crippen molar-refractivity contribution in [3.8, 4) is 0 Å². The summed E-state index contributed by atoms with van der Waals surface area (Å²) in [5.41, 5.74) is 1.16. The van der Waals surface area contributed by atoms with Crippen LogP contribution in [0.25, 0.3) is 0 Å². The molecule has 0 bridgehead atoms. The van der Waals surface area contributed by atoms with E-state index < -0.39 is 5.97 Å². The summed E-state index contributed by atoms with van der Waals surface area (Å²) in [5, 5.41) is 8.55. The number of rotatable bonds is 4. The van der Waals surface area contributed by atoms with Gasteiger partial charge in [0.25, 0.3) is 0 Å². The van der Waals surface area contributed by atoms with Crippen LogP contribution in [0.15, 0.2) is 29.2 Å². The number of carboxylic acids is 1. The molecule has 0 aliphatic carbocycles. The van der Waals surface area contributed by atoms with Gasteiger partial charge in [-0.25, -0.2) is 0 Å². The first kappa shape index (κ1) is 11.1. The molecule has 0 amide bonds. The van der Waals surface area contributed by atoms with Crippen LogP contribution < -0.4 is 0 Å². The highest BCUT2D eigenvalue weighted by molar-refractivity contribution is 8.00. The molecule has 1 rings (SSSR count). The van der Waals surface area contributed by atoms with Crippen molar-refractivity contribution in [3.63, 3.8) is 0 Å². The van der Waals surface area contributed by atoms with Gasteiger partial charge in [-0.2, -0.15) is 0 Å². The smallest absolute Gasteiger partial charge is 0.316 e. The lowest BCUT2D eigenvalue weighted by molar-refractivity contribution is -0.136. The summed E-state index contributed by atoms with van der Waals surface area (Å²) < 4.78 is 0. The number of carbonyl (C=O) groups is 1. The van der Waals surface area contributed by atoms with Crippen molar-refractivity contribution in [2.45, 2.75) is 30.4 Å². The maximum absolute atomic E-state index is 10.8. The normalized spacial score (nSPS) is 12.4. The monoisotopic (exact) mass is 210 g/mol. The van der Waals surface area contributed by atoms with E-state index in [1.807, 2.05) is 38.1 Å². The van der Waals surface area contributed by atoms with E-state index in [2.05, 4.69) is 0 Å². The Morgan fingerprint density at radius 3 is 2.79 bits per heavy atom. The Morgan fingerprint density at radius 1 is 1.57 bits per heavy atom. The number of thioether (sulfide) groups is 1. The quantitative estimate of drug-likeness (QED) is 0.776. The van der Waals surface area contributed by atoms with Gasteiger partial charge in [0.05, 0.1) is 0 Å². The molecule has 14 heavy (non-hydrogen) atoms. The lowest BCUT2D eigenvalue weighted by Crippen LogP contribution is -2.14. The Balaban J connectivity index is 2.72. The molecule has 76 valence electrons. The van der Waals surface area contributed by atoms with Crippen LogP contribution in [0, 0.1) is 6.92 Å². The average Bonchev–Trinajstić information content (AvgIpc) is 2.14. The van der Waals surface area contributed by atoms with Crippen LogP contribution in [0.1, 0.15) is 18.9 Å². The molecule has 0 heterocycles. The lowest BCUT2D eigenvalue weighted by atomic mass is 10.2. The van der Waals surface area contributed by atoms with Gasteiger partial charge in [-0.1, -0.05) is 24.6 Å². The summed E-state index contributed by atoms with van der Waals surface area (Å²) in [5.74, 6) is -0.737. The number of hydrogen-bond donors (Lipinski definition) is 1. The second-order valence-corrected chi connectivity index (χ2v) is 4.45. The van der Waals surface area contributed by atoms with Gasteiger partial charge in [0.1, 0.15) is 5.25 Å². The number of hydrogen-bond acceptors (Lipinski definition) is 2. The maximum atomic E-state index is 10.8. The zero-order valence-corrected chi connectivity index (χ0v) is 9.17. The predicted molar refractivity (Wildman–Crippen MR) is 58.8 cm³/mol. The molecule has 0 saturated heterocycles. The van der Waals surface area contributed by atoms with E-state index in [4.69, 9.17) is 5.11 Å². The van der Waals surface area contributed by atoms with Crippen LogP contribution >= 0.6 is 11.8 Å². The largest absolute Gasteiger partial charge is 0.480 e. The van der Waals surface area contributed by atoms with Gasteiger partial charge in [0.15, 0.2) is 0 Å². The Bertz CT molecular complexity index is 323. The Morgan fingerprint density at radius 2 is 2.29 bits per heavy atom. The summed E-state index contributed by atoms with van der Waals surface area (Å²) in [7, 11) is 0. The number of carboxylic acid groups (broad SMARTS) is 1. The Hall–Kier alpha value is -0.960. The molecule has 0 aromatic heterocycles. The lowest BCUT2D eigenvalue weighted by Gasteiger charge is -2.09. The van der Waals surface area contributed by atoms with Gasteiger partial charge in [-0.05, 0) is 25.5 Å². The first-order valence-corrected chi connectivity index (χ1v) is 5.47. The topological polar surface area (TPSA) is 37.3 Å². The second-order valence-electron chi connectivity index (χ2n) is 3.17. The molecule has 2 nitrogen and oxygen atoms in total. The van der Waals surface area contributed by atoms with Crippen LogP contribution in [-0.2, 0) is 4.79 Å². The van der Waals surface area contributed by atoms with Crippen molar-refractivity contribution in [2.75, 3.05) is 0 Å². The molecule has 0 radical (unpaired) electrons. The van der Waals surface area contributed by atoms with E-state index in [9.17, 15) is 4.79 Å². The highest BCUT2D eigenvalue weighted by Gasteiger charge is 2.15. The zero-order chi connectivity index (χ0) is 10.6. The number of aliphatic carboxylic acids is 1. The fraction of sp³-hybridized carbons (Fsp3) is 0.364. The van der Waals surface area contributed by atoms with Gasteiger partial charge >= 0.3 is 5.97 Å². The third-order valence-corrected chi connectivity index (χ3v) is 3.26. The zero-order valence-electron chi connectivity index (χ0n) is 8.36. The van der Waals surface area contributed by atoms with Crippen LogP contribution in [0.2, 0.25) is 0 Å². The van der Waals surface area contributed by atoms with E-state index in [-0.39, 0.29) is 5.25 Å². The maximum Gasteiger partial charge on any atom is 0.316 e. The highest BCUT2D eigenvalue weighted by atomic mass is 32.2. The fourth-order valence-electron chi connectivity index (χ4n) is 1.16. The highest BCUT2D eigenvalue weighted by Crippen LogP contribution is 2.25. The summed E-state index contributed by atoms with van der Waals surface area (Å²) in [6.45, 7) is 3.90. The molecule has 1 N–H and O–H groups in total. The fourth-order valence-corrected chi connectivity index (χ4v) is 2.17. The first-order chi connectivity index (χ1) is 6.63. The molecule has 0 spiro atoms. The van der Waals surface area contributed by atoms with Gasteiger partial charge < -0.3 is 5.11 Å². The number of benzene rings is 1. The van der Waals surface area contributed by atoms with Crippen molar-refractivity contribution in [3.05, 3.63) is 29.8 Å². The molecule has 0 aliphatic rings. The third kappa shape index (κ3) is 3.07. The van der Waals surface area contributed by atoms with Crippen LogP contribution in [0.4, 0.5) is 0 Å². The SMILES string of the molecule is CCC(Sc1cccc(C)c1)C(=O)O. The molecule has 1 aromatic rings. The van der Waals surface area contributed by atoms with Crippen molar-refractivity contribution in [1.29, 1.82) is 0 Å². The third-order valence-electron chi connectivity index (χ3n) is 1.91. The summed E-state index contributed by atoms with van der Waals surface area (Å²) in [6.07, 6.45) is 0.647. The van der Waals surface area contributed by atoms with Gasteiger partial charge in [-0.15, -0.1) is 11.8 Å². The minimum absolute atomic E-state index is 0.336. The average molecular weight is 210 g/mol. The van der Waals surface area contributed by atoms with Crippen molar-refractivity contribution >= 4 is 17.7 Å². The Kier molecular flexibility index (Phi) is 4.01. The van der Waals surface area contributed by atoms with E-state index in [1.165, 1.54) is 11.8 Å². The van der Waals surface area contributed by atoms with E-state index in [1.54, 1.807) is 0 Å². The molecule has 1 atom stereocenters. The summed E-state index contributed by atoms with van der Waals surface area (Å²) >= 11 is 1.41.